The number of imidazole rings is 1. The van der Waals surface area contributed by atoms with E-state index in [1.54, 1.807) is 0 Å². The predicted molar refractivity (Wildman–Crippen MR) is 113 cm³/mol. The average Bonchev–Trinajstić information content (AvgIpc) is 3.06. The Labute approximate surface area is 178 Å². The van der Waals surface area contributed by atoms with Gasteiger partial charge in [-0.05, 0) is 50.3 Å². The number of aryl methyl sites for hydroxylation is 4. The maximum atomic E-state index is 4.83. The van der Waals surface area contributed by atoms with Crippen molar-refractivity contribution in [2.45, 2.75) is 27.7 Å². The molecule has 1 radical (unpaired) electrons. The molecule has 28 heavy (non-hydrogen) atoms. The van der Waals surface area contributed by atoms with Gasteiger partial charge in [-0.15, -0.1) is 29.7 Å². The summed E-state index contributed by atoms with van der Waals surface area (Å²) >= 11 is 0. The van der Waals surface area contributed by atoms with E-state index in [-0.39, 0.29) is 20.1 Å². The molecule has 2 aromatic heterocycles. The Balaban J connectivity index is 0.00000192. The second-order valence-electron chi connectivity index (χ2n) is 7.56. The van der Waals surface area contributed by atoms with Gasteiger partial charge in [0.15, 0.2) is 0 Å². The van der Waals surface area contributed by atoms with Crippen molar-refractivity contribution < 1.29 is 20.1 Å². The van der Waals surface area contributed by atoms with E-state index in [9.17, 15) is 0 Å². The number of benzene rings is 3. The van der Waals surface area contributed by atoms with Crippen LogP contribution in [0.2, 0.25) is 0 Å². The minimum atomic E-state index is 0. The quantitative estimate of drug-likeness (QED) is 0.179. The van der Waals surface area contributed by atoms with Crippen LogP contribution in [-0.2, 0) is 20.1 Å². The standard InChI is InChI=1S/C25H21N2.Ir/c1-15-9-10-22-21(13-15)19-7-5-6-8-20(19)25-26-14-23(27(22)25)24-17(3)11-16(2)12-18(24)4;/h5-7,9-14H,1-4H3;/q-1;. The van der Waals surface area contributed by atoms with Crippen molar-refractivity contribution >= 4 is 27.3 Å². The van der Waals surface area contributed by atoms with Gasteiger partial charge in [0.1, 0.15) is 0 Å². The first-order valence-corrected chi connectivity index (χ1v) is 9.33. The molecule has 0 amide bonds. The molecular formula is C25H21IrN2-. The van der Waals surface area contributed by atoms with Crippen molar-refractivity contribution in [1.82, 2.24) is 9.38 Å². The molecule has 0 aliphatic heterocycles. The zero-order valence-electron chi connectivity index (χ0n) is 16.4. The molecule has 141 valence electrons. The van der Waals surface area contributed by atoms with Gasteiger partial charge >= 0.3 is 0 Å². The Kier molecular flexibility index (Phi) is 4.61. The number of pyridine rings is 1. The van der Waals surface area contributed by atoms with E-state index in [0.717, 1.165) is 16.7 Å². The summed E-state index contributed by atoms with van der Waals surface area (Å²) in [6, 6.07) is 20.8. The fraction of sp³-hybridized carbons (Fsp3) is 0.160. The molecule has 0 saturated carbocycles. The number of hydrogen-bond acceptors (Lipinski definition) is 1. The summed E-state index contributed by atoms with van der Waals surface area (Å²) in [6.07, 6.45) is 2.01. The van der Waals surface area contributed by atoms with E-state index in [0.29, 0.717) is 0 Å². The van der Waals surface area contributed by atoms with Crippen LogP contribution < -0.4 is 0 Å². The zero-order chi connectivity index (χ0) is 18.7. The molecule has 0 aliphatic rings. The molecule has 0 saturated heterocycles. The number of nitrogens with zero attached hydrogens (tertiary/aromatic N) is 2. The molecule has 0 unspecified atom stereocenters. The van der Waals surface area contributed by atoms with Crippen LogP contribution in [0.3, 0.4) is 0 Å². The summed E-state index contributed by atoms with van der Waals surface area (Å²) in [7, 11) is 0. The maximum absolute atomic E-state index is 4.83. The van der Waals surface area contributed by atoms with E-state index in [2.05, 4.69) is 80.6 Å². The van der Waals surface area contributed by atoms with Crippen LogP contribution in [0, 0.1) is 33.8 Å². The third-order valence-electron chi connectivity index (χ3n) is 5.46. The van der Waals surface area contributed by atoms with Gasteiger partial charge in [-0.25, -0.2) is 0 Å². The molecular weight excluding hydrogens is 521 g/mol. The summed E-state index contributed by atoms with van der Waals surface area (Å²) in [6.45, 7) is 8.67. The third-order valence-corrected chi connectivity index (χ3v) is 5.46. The van der Waals surface area contributed by atoms with Crippen LogP contribution in [0.4, 0.5) is 0 Å². The van der Waals surface area contributed by atoms with Crippen molar-refractivity contribution in [3.63, 3.8) is 0 Å². The molecule has 2 nitrogen and oxygen atoms in total. The summed E-state index contributed by atoms with van der Waals surface area (Å²) < 4.78 is 2.30. The van der Waals surface area contributed by atoms with Crippen molar-refractivity contribution in [1.29, 1.82) is 0 Å². The number of aromatic nitrogens is 2. The Hall–Kier alpha value is -2.48. The number of hydrogen-bond donors (Lipinski definition) is 0. The van der Waals surface area contributed by atoms with Gasteiger partial charge in [-0.1, -0.05) is 40.8 Å². The predicted octanol–water partition coefficient (Wildman–Crippen LogP) is 6.34. The molecule has 5 aromatic rings. The van der Waals surface area contributed by atoms with Crippen LogP contribution in [0.1, 0.15) is 22.3 Å². The fourth-order valence-electron chi connectivity index (χ4n) is 4.44. The van der Waals surface area contributed by atoms with E-state index in [1.807, 2.05) is 12.3 Å². The number of fused-ring (bicyclic) bond motifs is 6. The Morgan fingerprint density at radius 3 is 2.36 bits per heavy atom. The molecule has 0 spiro atoms. The Morgan fingerprint density at radius 1 is 0.857 bits per heavy atom. The summed E-state index contributed by atoms with van der Waals surface area (Å²) in [5.74, 6) is 0. The minimum absolute atomic E-state index is 0. The smallest absolute Gasteiger partial charge is 0.0639 e. The topological polar surface area (TPSA) is 17.3 Å². The largest absolute Gasteiger partial charge is 0.333 e. The Bertz CT molecular complexity index is 1340. The minimum Gasteiger partial charge on any atom is -0.333 e. The van der Waals surface area contributed by atoms with Crippen molar-refractivity contribution in [2.75, 3.05) is 0 Å². The monoisotopic (exact) mass is 542 g/mol. The van der Waals surface area contributed by atoms with E-state index in [1.165, 1.54) is 44.1 Å². The first-order valence-electron chi connectivity index (χ1n) is 9.33. The molecule has 0 atom stereocenters. The summed E-state index contributed by atoms with van der Waals surface area (Å²) in [4.78, 5) is 4.83. The van der Waals surface area contributed by atoms with Crippen molar-refractivity contribution in [3.8, 4) is 11.3 Å². The molecule has 5 rings (SSSR count). The third kappa shape index (κ3) is 2.70. The van der Waals surface area contributed by atoms with E-state index < -0.39 is 0 Å². The van der Waals surface area contributed by atoms with Crippen LogP contribution in [0.5, 0.6) is 0 Å². The molecule has 0 N–H and O–H groups in total. The van der Waals surface area contributed by atoms with Crippen molar-refractivity contribution in [2.24, 2.45) is 0 Å². The van der Waals surface area contributed by atoms with Crippen LogP contribution >= 0.6 is 0 Å². The van der Waals surface area contributed by atoms with Gasteiger partial charge in [-0.2, -0.15) is 0 Å². The van der Waals surface area contributed by atoms with Gasteiger partial charge < -0.3 is 4.40 Å². The second-order valence-corrected chi connectivity index (χ2v) is 7.56. The van der Waals surface area contributed by atoms with E-state index in [4.69, 9.17) is 4.98 Å². The summed E-state index contributed by atoms with van der Waals surface area (Å²) in [5, 5.41) is 3.53. The molecule has 0 bridgehead atoms. The molecule has 0 fully saturated rings. The zero-order valence-corrected chi connectivity index (χ0v) is 18.8. The van der Waals surface area contributed by atoms with Crippen LogP contribution in [-0.4, -0.2) is 9.38 Å². The fourth-order valence-corrected chi connectivity index (χ4v) is 4.44. The van der Waals surface area contributed by atoms with Crippen LogP contribution in [0.15, 0.2) is 54.7 Å². The molecule has 3 aromatic carbocycles. The van der Waals surface area contributed by atoms with Gasteiger partial charge in [0.25, 0.3) is 0 Å². The maximum Gasteiger partial charge on any atom is 0.0639 e. The molecule has 0 aliphatic carbocycles. The average molecular weight is 542 g/mol. The SMILES string of the molecule is Cc1cc(C)c(-c2cnc3c4[c-]cccc4c4cc(C)ccc4n23)c(C)c1.[Ir]. The first kappa shape index (κ1) is 18.9. The number of rotatable bonds is 1. The Morgan fingerprint density at radius 2 is 1.61 bits per heavy atom. The first-order chi connectivity index (χ1) is 13.0. The van der Waals surface area contributed by atoms with Gasteiger partial charge in [0, 0.05) is 37.4 Å². The van der Waals surface area contributed by atoms with Gasteiger partial charge in [0.2, 0.25) is 0 Å². The molecule has 3 heteroatoms. The normalized spacial score (nSPS) is 11.3. The summed E-state index contributed by atoms with van der Waals surface area (Å²) in [5.41, 5.74) is 9.70. The van der Waals surface area contributed by atoms with Crippen molar-refractivity contribution in [3.05, 3.63) is 83.0 Å². The van der Waals surface area contributed by atoms with Crippen LogP contribution in [0.25, 0.3) is 38.6 Å². The van der Waals surface area contributed by atoms with E-state index >= 15 is 0 Å². The molecule has 2 heterocycles. The van der Waals surface area contributed by atoms with Gasteiger partial charge in [0.05, 0.1) is 11.3 Å². The second kappa shape index (κ2) is 6.84. The van der Waals surface area contributed by atoms with Gasteiger partial charge in [-0.3, -0.25) is 4.98 Å².